The summed E-state index contributed by atoms with van der Waals surface area (Å²) in [6.45, 7) is 8.93. The van der Waals surface area contributed by atoms with Gasteiger partial charge in [-0.15, -0.1) is 0 Å². The van der Waals surface area contributed by atoms with E-state index < -0.39 is 0 Å². The van der Waals surface area contributed by atoms with E-state index in [0.29, 0.717) is 6.61 Å². The van der Waals surface area contributed by atoms with Gasteiger partial charge in [0, 0.05) is 19.6 Å². The molecule has 3 nitrogen and oxygen atoms in total. The second kappa shape index (κ2) is 7.51. The zero-order valence-corrected chi connectivity index (χ0v) is 11.5. The summed E-state index contributed by atoms with van der Waals surface area (Å²) >= 11 is 0. The lowest BCUT2D eigenvalue weighted by molar-refractivity contribution is -0.101. The molecule has 0 amide bonds. The molecule has 17 heavy (non-hydrogen) atoms. The highest BCUT2D eigenvalue weighted by Gasteiger charge is 2.11. The van der Waals surface area contributed by atoms with Crippen LogP contribution in [0.25, 0.3) is 0 Å². The zero-order valence-electron chi connectivity index (χ0n) is 11.5. The first-order chi connectivity index (χ1) is 8.15. The first-order valence-electron chi connectivity index (χ1n) is 6.51. The molecule has 0 aliphatic heterocycles. The topological polar surface area (TPSA) is 21.7 Å². The highest BCUT2D eigenvalue weighted by Crippen LogP contribution is 2.21. The third kappa shape index (κ3) is 5.37. The van der Waals surface area contributed by atoms with Gasteiger partial charge in [-0.1, -0.05) is 18.6 Å². The van der Waals surface area contributed by atoms with Crippen LogP contribution >= 0.6 is 0 Å². The minimum atomic E-state index is -0.139. The molecule has 0 fully saturated rings. The van der Waals surface area contributed by atoms with Crippen molar-refractivity contribution in [3.63, 3.8) is 0 Å². The van der Waals surface area contributed by atoms with Crippen LogP contribution in [0.15, 0.2) is 23.5 Å². The molecular weight excluding hydrogens is 214 g/mol. The Labute approximate surface area is 105 Å². The van der Waals surface area contributed by atoms with Crippen LogP contribution in [0.5, 0.6) is 0 Å². The molecule has 0 bridgehead atoms. The average Bonchev–Trinajstić information content (AvgIpc) is 2.32. The molecule has 1 aliphatic rings. The first kappa shape index (κ1) is 14.3. The third-order valence-electron chi connectivity index (χ3n) is 2.93. The Kier molecular flexibility index (Phi) is 6.30. The van der Waals surface area contributed by atoms with Gasteiger partial charge in [-0.25, -0.2) is 0 Å². The summed E-state index contributed by atoms with van der Waals surface area (Å²) in [6.07, 6.45) is 6.21. The van der Waals surface area contributed by atoms with E-state index in [1.54, 1.807) is 0 Å². The number of rotatable bonds is 7. The van der Waals surface area contributed by atoms with E-state index in [9.17, 15) is 0 Å². The van der Waals surface area contributed by atoms with Crippen molar-refractivity contribution < 1.29 is 9.47 Å². The standard InChI is InChI=1S/C14H25NO2/c1-5-15(4)11-13-7-9-14(10-8-13)17-12(3)16-6-2/h7,9,12H,5-6,8,10-11H2,1-4H3. The van der Waals surface area contributed by atoms with Crippen LogP contribution in [0.1, 0.15) is 33.6 Å². The Bertz CT molecular complexity index is 284. The first-order valence-corrected chi connectivity index (χ1v) is 6.51. The monoisotopic (exact) mass is 239 g/mol. The zero-order chi connectivity index (χ0) is 12.7. The van der Waals surface area contributed by atoms with E-state index in [0.717, 1.165) is 31.7 Å². The fourth-order valence-electron chi connectivity index (χ4n) is 1.83. The fraction of sp³-hybridized carbons (Fsp3) is 0.714. The number of allylic oxidation sites excluding steroid dienone is 3. The molecule has 0 radical (unpaired) electrons. The second-order valence-electron chi connectivity index (χ2n) is 4.43. The summed E-state index contributed by atoms with van der Waals surface area (Å²) in [7, 11) is 2.15. The maximum absolute atomic E-state index is 5.69. The normalized spacial score (nSPS) is 17.7. The molecule has 0 saturated heterocycles. The minimum absolute atomic E-state index is 0.139. The fourth-order valence-corrected chi connectivity index (χ4v) is 1.83. The number of hydrogen-bond donors (Lipinski definition) is 0. The molecule has 1 atom stereocenters. The lowest BCUT2D eigenvalue weighted by Gasteiger charge is -2.22. The average molecular weight is 239 g/mol. The van der Waals surface area contributed by atoms with Gasteiger partial charge in [0.05, 0.1) is 5.76 Å². The van der Waals surface area contributed by atoms with E-state index >= 15 is 0 Å². The van der Waals surface area contributed by atoms with E-state index in [4.69, 9.17) is 9.47 Å². The molecule has 0 spiro atoms. The molecule has 0 aromatic heterocycles. The van der Waals surface area contributed by atoms with E-state index in [1.165, 1.54) is 5.57 Å². The van der Waals surface area contributed by atoms with Gasteiger partial charge in [-0.3, -0.25) is 0 Å². The van der Waals surface area contributed by atoms with Crippen LogP contribution < -0.4 is 0 Å². The van der Waals surface area contributed by atoms with Gasteiger partial charge in [0.1, 0.15) is 0 Å². The van der Waals surface area contributed by atoms with E-state index in [1.807, 2.05) is 13.8 Å². The summed E-state index contributed by atoms with van der Waals surface area (Å²) < 4.78 is 11.1. The molecule has 0 N–H and O–H groups in total. The van der Waals surface area contributed by atoms with Crippen molar-refractivity contribution in [2.24, 2.45) is 0 Å². The summed E-state index contributed by atoms with van der Waals surface area (Å²) in [5.41, 5.74) is 1.48. The van der Waals surface area contributed by atoms with Crippen molar-refractivity contribution in [1.29, 1.82) is 0 Å². The Balaban J connectivity index is 2.41. The largest absolute Gasteiger partial charge is 0.470 e. The summed E-state index contributed by atoms with van der Waals surface area (Å²) in [4.78, 5) is 2.31. The molecule has 0 heterocycles. The van der Waals surface area contributed by atoms with Crippen LogP contribution in [-0.4, -0.2) is 37.9 Å². The molecule has 1 rings (SSSR count). The van der Waals surface area contributed by atoms with Gasteiger partial charge < -0.3 is 14.4 Å². The molecule has 0 saturated carbocycles. The lowest BCUT2D eigenvalue weighted by Crippen LogP contribution is -2.21. The van der Waals surface area contributed by atoms with Crippen molar-refractivity contribution in [2.45, 2.75) is 39.9 Å². The van der Waals surface area contributed by atoms with Gasteiger partial charge in [-0.2, -0.15) is 0 Å². The Morgan fingerprint density at radius 1 is 1.29 bits per heavy atom. The van der Waals surface area contributed by atoms with Crippen molar-refractivity contribution in [1.82, 2.24) is 4.90 Å². The van der Waals surface area contributed by atoms with Crippen LogP contribution in [0.2, 0.25) is 0 Å². The van der Waals surface area contributed by atoms with Crippen molar-refractivity contribution in [3.05, 3.63) is 23.5 Å². The summed E-state index contributed by atoms with van der Waals surface area (Å²) in [6, 6.07) is 0. The number of hydrogen-bond acceptors (Lipinski definition) is 3. The van der Waals surface area contributed by atoms with Crippen molar-refractivity contribution in [3.8, 4) is 0 Å². The minimum Gasteiger partial charge on any atom is -0.470 e. The molecule has 1 unspecified atom stereocenters. The highest BCUT2D eigenvalue weighted by molar-refractivity contribution is 5.22. The molecule has 0 aromatic rings. The van der Waals surface area contributed by atoms with E-state index in [2.05, 4.69) is 31.0 Å². The van der Waals surface area contributed by atoms with Crippen molar-refractivity contribution >= 4 is 0 Å². The highest BCUT2D eigenvalue weighted by atomic mass is 16.7. The Hall–Kier alpha value is -0.800. The number of likely N-dealkylation sites (N-methyl/N-ethyl adjacent to an activating group) is 1. The number of nitrogens with zero attached hydrogens (tertiary/aromatic N) is 1. The Morgan fingerprint density at radius 3 is 2.59 bits per heavy atom. The number of ether oxygens (including phenoxy) is 2. The lowest BCUT2D eigenvalue weighted by atomic mass is 10.0. The second-order valence-corrected chi connectivity index (χ2v) is 4.43. The van der Waals surface area contributed by atoms with Crippen LogP contribution in [-0.2, 0) is 9.47 Å². The maximum atomic E-state index is 5.69. The van der Waals surface area contributed by atoms with Gasteiger partial charge in [-0.05, 0) is 39.9 Å². The summed E-state index contributed by atoms with van der Waals surface area (Å²) in [5.74, 6) is 1.04. The maximum Gasteiger partial charge on any atom is 0.196 e. The quantitative estimate of drug-likeness (QED) is 0.638. The third-order valence-corrected chi connectivity index (χ3v) is 2.93. The molecular formula is C14H25NO2. The molecule has 1 aliphatic carbocycles. The predicted octanol–water partition coefficient (Wildman–Crippen LogP) is 2.94. The molecule has 3 heteroatoms. The smallest absolute Gasteiger partial charge is 0.196 e. The van der Waals surface area contributed by atoms with Gasteiger partial charge in [0.15, 0.2) is 6.29 Å². The van der Waals surface area contributed by atoms with Crippen molar-refractivity contribution in [2.75, 3.05) is 26.7 Å². The molecule has 98 valence electrons. The SMILES string of the molecule is CCOC(C)OC1=CC=C(CN(C)CC)CC1. The van der Waals surface area contributed by atoms with E-state index in [-0.39, 0.29) is 6.29 Å². The Morgan fingerprint density at radius 2 is 2.06 bits per heavy atom. The van der Waals surface area contributed by atoms with Gasteiger partial charge >= 0.3 is 0 Å². The summed E-state index contributed by atoms with van der Waals surface area (Å²) in [5, 5.41) is 0. The predicted molar refractivity (Wildman–Crippen MR) is 70.7 cm³/mol. The van der Waals surface area contributed by atoms with Crippen LogP contribution in [0, 0.1) is 0 Å². The van der Waals surface area contributed by atoms with Crippen LogP contribution in [0.4, 0.5) is 0 Å². The van der Waals surface area contributed by atoms with Gasteiger partial charge in [0.25, 0.3) is 0 Å². The van der Waals surface area contributed by atoms with Gasteiger partial charge in [0.2, 0.25) is 0 Å². The molecule has 0 aromatic carbocycles. The van der Waals surface area contributed by atoms with Crippen LogP contribution in [0.3, 0.4) is 0 Å².